The molecule has 0 aromatic heterocycles. The third-order valence-electron chi connectivity index (χ3n) is 4.24. The average Bonchev–Trinajstić information content (AvgIpc) is 2.35. The van der Waals surface area contributed by atoms with E-state index in [-0.39, 0.29) is 5.56 Å². The zero-order chi connectivity index (χ0) is 14.8. The first-order valence-corrected chi connectivity index (χ1v) is 7.04. The molecule has 0 fully saturated rings. The van der Waals surface area contributed by atoms with Crippen molar-refractivity contribution in [2.45, 2.75) is 44.4 Å². The third kappa shape index (κ3) is 1.72. The van der Waals surface area contributed by atoms with E-state index in [0.29, 0.717) is 15.6 Å². The van der Waals surface area contributed by atoms with Crippen molar-refractivity contribution >= 4 is 32.8 Å². The van der Waals surface area contributed by atoms with Gasteiger partial charge < -0.3 is 0 Å². The number of rotatable bonds is 1. The maximum Gasteiger partial charge on any atom is 0.266 e. The lowest BCUT2D eigenvalue weighted by molar-refractivity contribution is -0.105. The zero-order valence-electron chi connectivity index (χ0n) is 11.1. The molecular weight excluding hydrogens is 338 g/mol. The van der Waals surface area contributed by atoms with E-state index in [9.17, 15) is 13.6 Å². The van der Waals surface area contributed by atoms with E-state index >= 15 is 0 Å². The Hall–Kier alpha value is -0.480. The van der Waals surface area contributed by atoms with Gasteiger partial charge in [-0.15, -0.1) is 0 Å². The van der Waals surface area contributed by atoms with Crippen LogP contribution in [0.2, 0.25) is 0 Å². The molecule has 1 aromatic carbocycles. The molecule has 1 aromatic rings. The van der Waals surface area contributed by atoms with E-state index in [1.807, 2.05) is 0 Å². The fourth-order valence-corrected chi connectivity index (χ4v) is 3.67. The van der Waals surface area contributed by atoms with Crippen LogP contribution in [0.5, 0.6) is 0 Å². The molecule has 0 saturated heterocycles. The average molecular weight is 352 g/mol. The maximum absolute atomic E-state index is 14.6. The third-order valence-corrected chi connectivity index (χ3v) is 5.10. The minimum atomic E-state index is -2.91. The molecular formula is C14H14BrClF2O. The van der Waals surface area contributed by atoms with E-state index in [1.54, 1.807) is 6.07 Å². The summed E-state index contributed by atoms with van der Waals surface area (Å²) in [6, 6.07) is 3.07. The van der Waals surface area contributed by atoms with Gasteiger partial charge in [0.15, 0.2) is 0 Å². The predicted octanol–water partition coefficient (Wildman–Crippen LogP) is 5.03. The monoisotopic (exact) mass is 350 g/mol. The first kappa shape index (κ1) is 14.9. The van der Waals surface area contributed by atoms with Crippen LogP contribution in [0.3, 0.4) is 0 Å². The zero-order valence-corrected chi connectivity index (χ0v) is 13.4. The van der Waals surface area contributed by atoms with Crippen LogP contribution in [0.15, 0.2) is 16.6 Å². The molecule has 1 aliphatic rings. The first-order valence-electron chi connectivity index (χ1n) is 5.86. The Morgan fingerprint density at radius 2 is 1.53 bits per heavy atom. The number of alkyl halides is 2. The van der Waals surface area contributed by atoms with Gasteiger partial charge in [0.1, 0.15) is 0 Å². The van der Waals surface area contributed by atoms with Crippen LogP contribution in [0.1, 0.15) is 49.2 Å². The number of fused-ring (bicyclic) bond motifs is 1. The van der Waals surface area contributed by atoms with E-state index in [4.69, 9.17) is 11.6 Å². The Morgan fingerprint density at radius 3 is 1.95 bits per heavy atom. The van der Waals surface area contributed by atoms with Crippen LogP contribution in [-0.4, -0.2) is 11.2 Å². The lowest BCUT2D eigenvalue weighted by Gasteiger charge is -2.35. The van der Waals surface area contributed by atoms with Crippen molar-refractivity contribution in [1.29, 1.82) is 0 Å². The highest BCUT2D eigenvalue weighted by molar-refractivity contribution is 9.10. The largest absolute Gasteiger partial charge is 0.276 e. The number of hydrogen-bond acceptors (Lipinski definition) is 1. The van der Waals surface area contributed by atoms with E-state index in [0.717, 1.165) is 0 Å². The Kier molecular flexibility index (Phi) is 3.15. The van der Waals surface area contributed by atoms with Crippen molar-refractivity contribution in [3.8, 4) is 0 Å². The number of carbonyl (C=O) groups excluding carboxylic acids is 1. The second-order valence-corrected chi connectivity index (χ2v) is 7.17. The highest BCUT2D eigenvalue weighted by atomic mass is 79.9. The van der Waals surface area contributed by atoms with Gasteiger partial charge in [0.25, 0.3) is 11.2 Å². The van der Waals surface area contributed by atoms with Gasteiger partial charge in [0, 0.05) is 10.0 Å². The van der Waals surface area contributed by atoms with E-state index in [2.05, 4.69) is 15.9 Å². The molecule has 19 heavy (non-hydrogen) atoms. The number of halogens is 4. The minimum absolute atomic E-state index is 0.224. The van der Waals surface area contributed by atoms with Crippen molar-refractivity contribution in [3.05, 3.63) is 33.3 Å². The molecule has 0 unspecified atom stereocenters. The molecule has 104 valence electrons. The molecule has 0 aliphatic heterocycles. The normalized spacial score (nSPS) is 22.1. The van der Waals surface area contributed by atoms with Crippen LogP contribution >= 0.6 is 27.5 Å². The summed E-state index contributed by atoms with van der Waals surface area (Å²) in [6.07, 6.45) is 0. The Bertz CT molecular complexity index is 579. The lowest BCUT2D eigenvalue weighted by atomic mass is 9.77. The summed E-state index contributed by atoms with van der Waals surface area (Å²) in [5.41, 5.74) is -1.37. The standard InChI is InChI=1S/C14H14BrClF2O/c1-12(2)8-5-7(11(16)19)10(15)6-9(8)13(3,4)14(12,17)18/h5-6H,1-4H3. The quantitative estimate of drug-likeness (QED) is 0.648. The Balaban J connectivity index is 2.83. The molecule has 0 heterocycles. The van der Waals surface area contributed by atoms with Gasteiger partial charge >= 0.3 is 0 Å². The summed E-state index contributed by atoms with van der Waals surface area (Å²) in [5.74, 6) is -2.91. The van der Waals surface area contributed by atoms with Gasteiger partial charge in [-0.05, 0) is 78.5 Å². The van der Waals surface area contributed by atoms with E-state index < -0.39 is 22.0 Å². The summed E-state index contributed by atoms with van der Waals surface area (Å²) in [6.45, 7) is 6.04. The highest BCUT2D eigenvalue weighted by Crippen LogP contribution is 2.59. The molecule has 2 rings (SSSR count). The molecule has 0 amide bonds. The van der Waals surface area contributed by atoms with Crippen LogP contribution in [0, 0.1) is 0 Å². The van der Waals surface area contributed by atoms with Gasteiger partial charge in [-0.3, -0.25) is 4.79 Å². The van der Waals surface area contributed by atoms with Crippen LogP contribution < -0.4 is 0 Å². The summed E-state index contributed by atoms with van der Waals surface area (Å²) in [4.78, 5) is 11.3. The number of hydrogen-bond donors (Lipinski definition) is 0. The Labute approximate surface area is 124 Å². The van der Waals surface area contributed by atoms with Crippen molar-refractivity contribution in [2.24, 2.45) is 0 Å². The van der Waals surface area contributed by atoms with Crippen molar-refractivity contribution in [3.63, 3.8) is 0 Å². The van der Waals surface area contributed by atoms with Gasteiger partial charge in [0.2, 0.25) is 0 Å². The van der Waals surface area contributed by atoms with Crippen molar-refractivity contribution < 1.29 is 13.6 Å². The lowest BCUT2D eigenvalue weighted by Crippen LogP contribution is -2.46. The minimum Gasteiger partial charge on any atom is -0.276 e. The van der Waals surface area contributed by atoms with Gasteiger partial charge in [-0.25, -0.2) is 8.78 Å². The summed E-state index contributed by atoms with van der Waals surface area (Å²) < 4.78 is 29.7. The topological polar surface area (TPSA) is 17.1 Å². The predicted molar refractivity (Wildman–Crippen MR) is 75.3 cm³/mol. The second kappa shape index (κ2) is 4.01. The second-order valence-electron chi connectivity index (χ2n) is 5.98. The maximum atomic E-state index is 14.6. The van der Waals surface area contributed by atoms with Gasteiger partial charge in [-0.1, -0.05) is 0 Å². The van der Waals surface area contributed by atoms with Crippen LogP contribution in [0.4, 0.5) is 8.78 Å². The highest BCUT2D eigenvalue weighted by Gasteiger charge is 2.65. The molecule has 1 nitrogen and oxygen atoms in total. The fourth-order valence-electron chi connectivity index (χ4n) is 2.88. The van der Waals surface area contributed by atoms with Crippen molar-refractivity contribution in [1.82, 2.24) is 0 Å². The molecule has 0 radical (unpaired) electrons. The molecule has 0 bridgehead atoms. The van der Waals surface area contributed by atoms with Crippen LogP contribution in [0.25, 0.3) is 0 Å². The van der Waals surface area contributed by atoms with Crippen LogP contribution in [-0.2, 0) is 10.8 Å². The fraction of sp³-hybridized carbons (Fsp3) is 0.500. The smallest absolute Gasteiger partial charge is 0.266 e. The SMILES string of the molecule is CC1(C)c2cc(Br)c(C(=O)Cl)cc2C(C)(C)C1(F)F. The molecule has 0 atom stereocenters. The number of benzene rings is 1. The molecule has 0 N–H and O–H groups in total. The molecule has 0 spiro atoms. The first-order chi connectivity index (χ1) is 8.44. The Morgan fingerprint density at radius 1 is 1.11 bits per heavy atom. The number of carbonyl (C=O) groups is 1. The molecule has 1 aliphatic carbocycles. The van der Waals surface area contributed by atoms with Crippen molar-refractivity contribution in [2.75, 3.05) is 0 Å². The van der Waals surface area contributed by atoms with E-state index in [1.165, 1.54) is 33.8 Å². The van der Waals surface area contributed by atoms with Gasteiger partial charge in [0.05, 0.1) is 10.8 Å². The summed E-state index contributed by atoms with van der Waals surface area (Å²) >= 11 is 8.72. The summed E-state index contributed by atoms with van der Waals surface area (Å²) in [5, 5.41) is -0.654. The molecule has 5 heteroatoms. The summed E-state index contributed by atoms with van der Waals surface area (Å²) in [7, 11) is 0. The van der Waals surface area contributed by atoms with Gasteiger partial charge in [-0.2, -0.15) is 0 Å². The molecule has 0 saturated carbocycles.